The maximum atomic E-state index is 12.3. The molecule has 0 saturated carbocycles. The number of phosphoric acid groups is 2. The van der Waals surface area contributed by atoms with Crippen molar-refractivity contribution in [3.8, 4) is 0 Å². The second kappa shape index (κ2) is 27.8. The second-order valence-corrected chi connectivity index (χ2v) is 13.7. The summed E-state index contributed by atoms with van der Waals surface area (Å²) in [5, 5.41) is 10.0. The Hall–Kier alpha value is -1.94. The first-order chi connectivity index (χ1) is 22.8. The van der Waals surface area contributed by atoms with Crippen LogP contribution in [0.4, 0.5) is 0 Å². The largest absolute Gasteiger partial charge is 0.472 e. The number of hydrogen-bond acceptors (Lipinski definition) is 15. The Morgan fingerprint density at radius 1 is 0.604 bits per heavy atom. The average Bonchev–Trinajstić information content (AvgIpc) is 3.05. The Morgan fingerprint density at radius 3 is 1.44 bits per heavy atom. The summed E-state index contributed by atoms with van der Waals surface area (Å²) in [7, 11) is -9.71. The lowest BCUT2D eigenvalue weighted by Gasteiger charge is -2.21. The highest BCUT2D eigenvalue weighted by molar-refractivity contribution is 7.47. The Bertz CT molecular complexity index is 995. The number of unbranched alkanes of at least 4 members (excludes halogenated alkanes) is 8. The zero-order valence-corrected chi connectivity index (χ0v) is 30.0. The van der Waals surface area contributed by atoms with Crippen molar-refractivity contribution in [3.63, 3.8) is 0 Å². The third kappa shape index (κ3) is 26.9. The van der Waals surface area contributed by atoms with Crippen LogP contribution in [0.2, 0.25) is 0 Å². The second-order valence-electron chi connectivity index (χ2n) is 10.8. The van der Waals surface area contributed by atoms with Gasteiger partial charge in [-0.05, 0) is 12.8 Å². The molecule has 0 fully saturated rings. The van der Waals surface area contributed by atoms with Crippen LogP contribution >= 0.6 is 15.6 Å². The number of rotatable bonds is 32. The molecule has 0 heterocycles. The molecule has 0 aliphatic carbocycles. The van der Waals surface area contributed by atoms with Gasteiger partial charge in [0, 0.05) is 19.3 Å². The Labute approximate surface area is 282 Å². The number of esters is 3. The molecule has 0 aliphatic rings. The minimum atomic E-state index is -4.86. The van der Waals surface area contributed by atoms with E-state index in [0.717, 1.165) is 51.4 Å². The molecule has 0 saturated heterocycles. The van der Waals surface area contributed by atoms with Crippen LogP contribution < -0.4 is 0 Å². The zero-order valence-electron chi connectivity index (χ0n) is 28.2. The van der Waals surface area contributed by atoms with E-state index in [9.17, 15) is 43.2 Å². The summed E-state index contributed by atoms with van der Waals surface area (Å²) in [6.07, 6.45) is 4.97. The van der Waals surface area contributed by atoms with Crippen LogP contribution in [0.25, 0.3) is 0 Å². The molecular weight excluding hydrogens is 682 g/mol. The van der Waals surface area contributed by atoms with Crippen LogP contribution in [0.3, 0.4) is 0 Å². The van der Waals surface area contributed by atoms with Crippen LogP contribution in [0.1, 0.15) is 104 Å². The highest BCUT2D eigenvalue weighted by atomic mass is 31.2. The van der Waals surface area contributed by atoms with E-state index in [1.54, 1.807) is 6.92 Å². The van der Waals surface area contributed by atoms with Crippen molar-refractivity contribution in [2.75, 3.05) is 39.6 Å². The monoisotopic (exact) mass is 736 g/mol. The van der Waals surface area contributed by atoms with Crippen molar-refractivity contribution in [2.45, 2.75) is 123 Å². The van der Waals surface area contributed by atoms with Crippen LogP contribution in [-0.4, -0.2) is 97.2 Å². The maximum absolute atomic E-state index is 12.3. The summed E-state index contributed by atoms with van der Waals surface area (Å²) in [6.45, 7) is 1.73. The third-order valence-electron chi connectivity index (χ3n) is 6.34. The molecule has 0 radical (unpaired) electrons. The van der Waals surface area contributed by atoms with E-state index in [0.29, 0.717) is 12.8 Å². The summed E-state index contributed by atoms with van der Waals surface area (Å²) in [5.41, 5.74) is 0. The Balaban J connectivity index is 4.76. The fraction of sp³-hybridized carbons (Fsp3) is 0.862. The number of phosphoric ester groups is 2. The minimum absolute atomic E-state index is 0.0498. The summed E-state index contributed by atoms with van der Waals surface area (Å²) in [6, 6.07) is 0. The molecule has 0 aromatic carbocycles. The van der Waals surface area contributed by atoms with Gasteiger partial charge in [0.1, 0.15) is 19.3 Å². The summed E-state index contributed by atoms with van der Waals surface area (Å²) < 4.78 is 63.5. The number of ether oxygens (including phenoxy) is 4. The van der Waals surface area contributed by atoms with Gasteiger partial charge in [-0.25, -0.2) is 9.13 Å². The molecule has 0 amide bonds. The normalized spacial score (nSPS) is 15.7. The van der Waals surface area contributed by atoms with Crippen molar-refractivity contribution >= 4 is 40.0 Å². The van der Waals surface area contributed by atoms with E-state index in [2.05, 4.69) is 23.1 Å². The lowest BCUT2D eigenvalue weighted by molar-refractivity contribution is -0.161. The molecule has 17 nitrogen and oxygen atoms in total. The van der Waals surface area contributed by atoms with Crippen LogP contribution in [0.5, 0.6) is 0 Å². The molecule has 0 aliphatic heterocycles. The molecule has 0 spiro atoms. The first kappa shape index (κ1) is 46.1. The van der Waals surface area contributed by atoms with Gasteiger partial charge in [-0.3, -0.25) is 37.3 Å². The van der Waals surface area contributed by atoms with Gasteiger partial charge in [0.05, 0.1) is 26.4 Å². The number of carbonyl (C=O) groups is 4. The molecule has 5 atom stereocenters. The smallest absolute Gasteiger partial charge is 0.464 e. The van der Waals surface area contributed by atoms with E-state index >= 15 is 0 Å². The van der Waals surface area contributed by atoms with Gasteiger partial charge in [-0.2, -0.15) is 0 Å². The minimum Gasteiger partial charge on any atom is -0.464 e. The lowest BCUT2D eigenvalue weighted by Crippen LogP contribution is -2.29. The van der Waals surface area contributed by atoms with Gasteiger partial charge >= 0.3 is 33.6 Å². The van der Waals surface area contributed by atoms with Crippen LogP contribution in [0, 0.1) is 0 Å². The fourth-order valence-electron chi connectivity index (χ4n) is 3.74. The van der Waals surface area contributed by atoms with Gasteiger partial charge < -0.3 is 33.8 Å². The third-order valence-corrected chi connectivity index (χ3v) is 8.24. The summed E-state index contributed by atoms with van der Waals surface area (Å²) in [4.78, 5) is 66.4. The van der Waals surface area contributed by atoms with Gasteiger partial charge in [0.15, 0.2) is 12.2 Å². The van der Waals surface area contributed by atoms with E-state index in [4.69, 9.17) is 27.8 Å². The zero-order chi connectivity index (χ0) is 36.3. The molecule has 282 valence electrons. The number of aliphatic hydroxyl groups is 1. The Kier molecular flexibility index (Phi) is 26.7. The standard InChI is InChI=1S/C29H54O17P2/c1-4-7-9-11-13-15-28(33)45-25(19-39-23-30)21-43-47(35,36)41-17-24(31)18-42-48(37,38)44-22-26(20-40-27(32)6-3)46-29(34)16-14-12-10-8-5-2/h23-26,31H,4-22H2,1-3H3,(H,35,36)(H,37,38)/t24-,25-,26-/m1/s1. The topological polar surface area (TPSA) is 237 Å². The number of aliphatic hydroxyl groups excluding tert-OH is 1. The van der Waals surface area contributed by atoms with Crippen molar-refractivity contribution in [2.24, 2.45) is 0 Å². The van der Waals surface area contributed by atoms with Crippen molar-refractivity contribution in [3.05, 3.63) is 0 Å². The summed E-state index contributed by atoms with van der Waals surface area (Å²) >= 11 is 0. The van der Waals surface area contributed by atoms with Gasteiger partial charge in [-0.15, -0.1) is 0 Å². The lowest BCUT2D eigenvalue weighted by atomic mass is 10.1. The molecule has 48 heavy (non-hydrogen) atoms. The molecule has 3 N–H and O–H groups in total. The van der Waals surface area contributed by atoms with Crippen molar-refractivity contribution < 1.29 is 80.2 Å². The molecular formula is C29H54O17P2. The first-order valence-corrected chi connectivity index (χ1v) is 19.3. The number of carbonyl (C=O) groups excluding carboxylic acids is 4. The molecule has 0 aromatic rings. The fourth-order valence-corrected chi connectivity index (χ4v) is 5.32. The van der Waals surface area contributed by atoms with Crippen molar-refractivity contribution in [1.29, 1.82) is 0 Å². The molecule has 0 bridgehead atoms. The number of hydrogen-bond donors (Lipinski definition) is 3. The average molecular weight is 737 g/mol. The SMILES string of the molecule is CCCCCCCC(=O)O[C@H](COC=O)COP(=O)(O)OC[C@@H](O)COP(=O)(O)OC[C@@H](COC(=O)CC)OC(=O)CCCCCCC. The highest BCUT2D eigenvalue weighted by Gasteiger charge is 2.30. The molecule has 0 rings (SSSR count). The maximum Gasteiger partial charge on any atom is 0.472 e. The summed E-state index contributed by atoms with van der Waals surface area (Å²) in [5.74, 6) is -1.81. The quantitative estimate of drug-likeness (QED) is 0.0287. The molecule has 0 aromatic heterocycles. The van der Waals surface area contributed by atoms with Gasteiger partial charge in [0.25, 0.3) is 6.47 Å². The predicted octanol–water partition coefficient (Wildman–Crippen LogP) is 4.29. The van der Waals surface area contributed by atoms with Crippen LogP contribution in [-0.2, 0) is 65.4 Å². The van der Waals surface area contributed by atoms with Gasteiger partial charge in [0.2, 0.25) is 0 Å². The van der Waals surface area contributed by atoms with E-state index in [1.165, 1.54) is 0 Å². The van der Waals surface area contributed by atoms with Crippen LogP contribution in [0.15, 0.2) is 0 Å². The molecule has 2 unspecified atom stereocenters. The van der Waals surface area contributed by atoms with Gasteiger partial charge in [-0.1, -0.05) is 72.1 Å². The van der Waals surface area contributed by atoms with E-state index in [-0.39, 0.29) is 25.7 Å². The predicted molar refractivity (Wildman–Crippen MR) is 169 cm³/mol. The van der Waals surface area contributed by atoms with E-state index < -0.39 is 91.5 Å². The van der Waals surface area contributed by atoms with E-state index in [1.807, 2.05) is 0 Å². The Morgan fingerprint density at radius 2 is 1.02 bits per heavy atom. The molecule has 19 heteroatoms. The highest BCUT2D eigenvalue weighted by Crippen LogP contribution is 2.45. The first-order valence-electron chi connectivity index (χ1n) is 16.3. The van der Waals surface area contributed by atoms with Crippen molar-refractivity contribution in [1.82, 2.24) is 0 Å².